The van der Waals surface area contributed by atoms with Gasteiger partial charge in [0.2, 0.25) is 0 Å². The molecule has 2 atom stereocenters. The van der Waals surface area contributed by atoms with E-state index >= 15 is 0 Å². The summed E-state index contributed by atoms with van der Waals surface area (Å²) in [6.45, 7) is 1.17. The summed E-state index contributed by atoms with van der Waals surface area (Å²) < 4.78 is 5.53. The molecule has 0 amide bonds. The molecule has 1 aliphatic carbocycles. The van der Waals surface area contributed by atoms with Crippen molar-refractivity contribution in [2.24, 2.45) is 5.92 Å². The van der Waals surface area contributed by atoms with E-state index in [0.29, 0.717) is 13.2 Å². The van der Waals surface area contributed by atoms with Gasteiger partial charge in [0.15, 0.2) is 0 Å². The lowest BCUT2D eigenvalue weighted by molar-refractivity contribution is -0.140. The summed E-state index contributed by atoms with van der Waals surface area (Å²) >= 11 is 0. The Morgan fingerprint density at radius 3 is 2.89 bits per heavy atom. The zero-order valence-corrected chi connectivity index (χ0v) is 10.1. The second kappa shape index (κ2) is 4.71. The van der Waals surface area contributed by atoms with Crippen molar-refractivity contribution in [3.8, 4) is 0 Å². The van der Waals surface area contributed by atoms with E-state index in [0.717, 1.165) is 18.4 Å². The van der Waals surface area contributed by atoms with E-state index < -0.39 is 12.0 Å². The van der Waals surface area contributed by atoms with Crippen molar-refractivity contribution < 1.29 is 14.6 Å². The van der Waals surface area contributed by atoms with Crippen LogP contribution in [0.15, 0.2) is 24.3 Å². The molecule has 3 rings (SSSR count). The first-order valence-corrected chi connectivity index (χ1v) is 6.40. The first-order valence-electron chi connectivity index (χ1n) is 6.40. The van der Waals surface area contributed by atoms with E-state index in [1.807, 2.05) is 18.2 Å². The number of rotatable bonds is 4. The van der Waals surface area contributed by atoms with Crippen LogP contribution in [0.5, 0.6) is 0 Å². The van der Waals surface area contributed by atoms with E-state index in [4.69, 9.17) is 4.74 Å². The minimum absolute atomic E-state index is 0.00310. The maximum atomic E-state index is 11.3. The molecule has 0 bridgehead atoms. The smallest absolute Gasteiger partial charge is 0.321 e. The third-order valence-corrected chi connectivity index (χ3v) is 3.71. The summed E-state index contributed by atoms with van der Waals surface area (Å²) in [7, 11) is 0. The second-order valence-corrected chi connectivity index (χ2v) is 5.09. The summed E-state index contributed by atoms with van der Waals surface area (Å²) in [6.07, 6.45) is 2.03. The average Bonchev–Trinajstić information content (AvgIpc) is 3.20. The highest BCUT2D eigenvalue weighted by Crippen LogP contribution is 2.35. The summed E-state index contributed by atoms with van der Waals surface area (Å²) in [5, 5.41) is 12.5. The number of carboxylic acids is 1. The number of hydrogen-bond donors (Lipinski definition) is 2. The molecule has 0 radical (unpaired) electrons. The van der Waals surface area contributed by atoms with Crippen LogP contribution in [0, 0.1) is 5.92 Å². The van der Waals surface area contributed by atoms with Crippen molar-refractivity contribution in [1.29, 1.82) is 0 Å². The van der Waals surface area contributed by atoms with Gasteiger partial charge in [0.05, 0.1) is 19.3 Å². The van der Waals surface area contributed by atoms with Crippen molar-refractivity contribution >= 4 is 5.97 Å². The van der Waals surface area contributed by atoms with Gasteiger partial charge in [0, 0.05) is 0 Å². The van der Waals surface area contributed by atoms with Crippen LogP contribution >= 0.6 is 0 Å². The van der Waals surface area contributed by atoms with Gasteiger partial charge in [-0.2, -0.15) is 0 Å². The van der Waals surface area contributed by atoms with Gasteiger partial charge in [-0.25, -0.2) is 0 Å². The third kappa shape index (κ3) is 2.26. The fourth-order valence-electron chi connectivity index (χ4n) is 2.58. The van der Waals surface area contributed by atoms with Gasteiger partial charge in [0.25, 0.3) is 0 Å². The largest absolute Gasteiger partial charge is 0.480 e. The maximum absolute atomic E-state index is 11.3. The molecule has 96 valence electrons. The first kappa shape index (κ1) is 11.7. The standard InChI is InChI=1S/C14H17NO3/c16-14(17)13(9-5-6-9)15-12-8-18-7-10-3-1-2-4-11(10)12/h1-4,9,12-13,15H,5-8H2,(H,16,17). The van der Waals surface area contributed by atoms with Crippen LogP contribution in [0.2, 0.25) is 0 Å². The van der Waals surface area contributed by atoms with Crippen LogP contribution in [0.1, 0.15) is 30.0 Å². The van der Waals surface area contributed by atoms with Gasteiger partial charge >= 0.3 is 5.97 Å². The quantitative estimate of drug-likeness (QED) is 0.850. The van der Waals surface area contributed by atoms with E-state index in [1.54, 1.807) is 0 Å². The predicted octanol–water partition coefficient (Wildman–Crippen LogP) is 1.71. The molecule has 4 heteroatoms. The Bertz CT molecular complexity index is 456. The second-order valence-electron chi connectivity index (χ2n) is 5.09. The normalized spacial score (nSPS) is 24.3. The lowest BCUT2D eigenvalue weighted by Crippen LogP contribution is -2.43. The van der Waals surface area contributed by atoms with Gasteiger partial charge in [-0.15, -0.1) is 0 Å². The highest BCUT2D eigenvalue weighted by Gasteiger charge is 2.38. The molecule has 2 unspecified atom stereocenters. The van der Waals surface area contributed by atoms with Crippen molar-refractivity contribution in [2.45, 2.75) is 31.5 Å². The minimum Gasteiger partial charge on any atom is -0.480 e. The molecule has 2 N–H and O–H groups in total. The Balaban J connectivity index is 1.79. The molecule has 1 aromatic rings. The fraction of sp³-hybridized carbons (Fsp3) is 0.500. The molecule has 1 saturated carbocycles. The first-order chi connectivity index (χ1) is 8.75. The number of ether oxygens (including phenoxy) is 1. The van der Waals surface area contributed by atoms with Gasteiger partial charge in [-0.3, -0.25) is 10.1 Å². The SMILES string of the molecule is O=C(O)C(NC1COCc2ccccc21)C1CC1. The lowest BCUT2D eigenvalue weighted by Gasteiger charge is -2.29. The highest BCUT2D eigenvalue weighted by atomic mass is 16.5. The number of hydrogen-bond acceptors (Lipinski definition) is 3. The van der Waals surface area contributed by atoms with Crippen molar-refractivity contribution in [3.05, 3.63) is 35.4 Å². The number of aliphatic carboxylic acids is 1. The molecule has 1 aromatic carbocycles. The molecule has 1 aliphatic heterocycles. The Morgan fingerprint density at radius 1 is 1.39 bits per heavy atom. The molecular formula is C14H17NO3. The number of carbonyl (C=O) groups is 1. The van der Waals surface area contributed by atoms with Crippen LogP contribution in [0.4, 0.5) is 0 Å². The van der Waals surface area contributed by atoms with Crippen molar-refractivity contribution in [2.75, 3.05) is 6.61 Å². The average molecular weight is 247 g/mol. The molecular weight excluding hydrogens is 230 g/mol. The molecule has 0 spiro atoms. The molecule has 0 aromatic heterocycles. The van der Waals surface area contributed by atoms with E-state index in [1.165, 1.54) is 5.56 Å². The zero-order valence-electron chi connectivity index (χ0n) is 10.1. The Kier molecular flexibility index (Phi) is 3.06. The Morgan fingerprint density at radius 2 is 2.17 bits per heavy atom. The summed E-state index contributed by atoms with van der Waals surface area (Å²) in [6, 6.07) is 7.63. The summed E-state index contributed by atoms with van der Waals surface area (Å²) in [4.78, 5) is 11.3. The highest BCUT2D eigenvalue weighted by molar-refractivity contribution is 5.74. The van der Waals surface area contributed by atoms with Crippen LogP contribution < -0.4 is 5.32 Å². The number of carboxylic acid groups (broad SMARTS) is 1. The Labute approximate surface area is 106 Å². The van der Waals surface area contributed by atoms with Crippen LogP contribution in [0.25, 0.3) is 0 Å². The molecule has 4 nitrogen and oxygen atoms in total. The Hall–Kier alpha value is -1.39. The minimum atomic E-state index is -0.749. The van der Waals surface area contributed by atoms with Crippen molar-refractivity contribution in [3.63, 3.8) is 0 Å². The maximum Gasteiger partial charge on any atom is 0.321 e. The number of nitrogens with one attached hydrogen (secondary N) is 1. The van der Waals surface area contributed by atoms with E-state index in [9.17, 15) is 9.90 Å². The number of benzene rings is 1. The number of fused-ring (bicyclic) bond motifs is 1. The van der Waals surface area contributed by atoms with Crippen LogP contribution in [0.3, 0.4) is 0 Å². The zero-order chi connectivity index (χ0) is 12.5. The van der Waals surface area contributed by atoms with Gasteiger partial charge in [-0.1, -0.05) is 24.3 Å². The lowest BCUT2D eigenvalue weighted by atomic mass is 9.98. The summed E-state index contributed by atoms with van der Waals surface area (Å²) in [5.74, 6) is -0.461. The molecule has 18 heavy (non-hydrogen) atoms. The molecule has 1 heterocycles. The molecule has 2 aliphatic rings. The predicted molar refractivity (Wildman–Crippen MR) is 66.1 cm³/mol. The topological polar surface area (TPSA) is 58.6 Å². The van der Waals surface area contributed by atoms with Crippen LogP contribution in [-0.4, -0.2) is 23.7 Å². The van der Waals surface area contributed by atoms with E-state index in [2.05, 4.69) is 11.4 Å². The van der Waals surface area contributed by atoms with Crippen molar-refractivity contribution in [1.82, 2.24) is 5.32 Å². The van der Waals surface area contributed by atoms with Crippen LogP contribution in [-0.2, 0) is 16.1 Å². The van der Waals surface area contributed by atoms with Gasteiger partial charge in [-0.05, 0) is 29.9 Å². The third-order valence-electron chi connectivity index (χ3n) is 3.71. The molecule has 0 saturated heterocycles. The summed E-state index contributed by atoms with van der Waals surface area (Å²) in [5.41, 5.74) is 2.33. The monoisotopic (exact) mass is 247 g/mol. The molecule has 1 fully saturated rings. The van der Waals surface area contributed by atoms with Gasteiger partial charge in [0.1, 0.15) is 6.04 Å². The van der Waals surface area contributed by atoms with E-state index in [-0.39, 0.29) is 12.0 Å². The fourth-order valence-corrected chi connectivity index (χ4v) is 2.58. The van der Waals surface area contributed by atoms with Gasteiger partial charge < -0.3 is 9.84 Å².